The summed E-state index contributed by atoms with van der Waals surface area (Å²) in [7, 11) is 0. The molecule has 0 heterocycles. The first-order chi connectivity index (χ1) is 5.49. The van der Waals surface area contributed by atoms with Crippen molar-refractivity contribution in [3.05, 3.63) is 0 Å². The van der Waals surface area contributed by atoms with Crippen molar-refractivity contribution in [2.24, 2.45) is 0 Å². The second-order valence-electron chi connectivity index (χ2n) is 2.25. The van der Waals surface area contributed by atoms with E-state index < -0.39 is 24.5 Å². The van der Waals surface area contributed by atoms with Crippen LogP contribution in [0.25, 0.3) is 0 Å². The van der Waals surface area contributed by atoms with E-state index in [9.17, 15) is 9.59 Å². The van der Waals surface area contributed by atoms with Crippen molar-refractivity contribution in [3.8, 4) is 0 Å². The van der Waals surface area contributed by atoms with Gasteiger partial charge in [0.1, 0.15) is 12.6 Å². The fraction of sp³-hybridized carbons (Fsp3) is 0.667. The minimum absolute atomic E-state index is 0.152. The Balaban J connectivity index is 4.11. The smallest absolute Gasteiger partial charge is 0.323 e. The van der Waals surface area contributed by atoms with Gasteiger partial charge >= 0.3 is 11.9 Å². The van der Waals surface area contributed by atoms with Gasteiger partial charge in [-0.05, 0) is 6.42 Å². The Bertz CT molecular complexity index is 181. The summed E-state index contributed by atoms with van der Waals surface area (Å²) in [6.07, 6.45) is 0.152. The number of hydroxylamine groups is 2. The lowest BCUT2D eigenvalue weighted by Crippen LogP contribution is -2.41. The number of aliphatic carboxylic acids is 2. The highest BCUT2D eigenvalue weighted by Gasteiger charge is 2.23. The lowest BCUT2D eigenvalue weighted by Gasteiger charge is -2.18. The van der Waals surface area contributed by atoms with Crippen LogP contribution in [-0.4, -0.2) is 45.0 Å². The molecule has 0 aromatic rings. The van der Waals surface area contributed by atoms with Crippen molar-refractivity contribution >= 4 is 11.9 Å². The summed E-state index contributed by atoms with van der Waals surface area (Å²) < 4.78 is 0. The molecule has 0 aliphatic rings. The van der Waals surface area contributed by atoms with Crippen LogP contribution in [0.15, 0.2) is 0 Å². The average Bonchev–Trinajstić information content (AvgIpc) is 1.85. The second kappa shape index (κ2) is 4.68. The molecule has 70 valence electrons. The first-order valence-corrected chi connectivity index (χ1v) is 3.39. The van der Waals surface area contributed by atoms with Gasteiger partial charge in [0.05, 0.1) is 0 Å². The third kappa shape index (κ3) is 3.31. The van der Waals surface area contributed by atoms with Gasteiger partial charge in [-0.1, -0.05) is 6.92 Å². The molecule has 0 saturated carbocycles. The SMILES string of the molecule is CCC(C(=O)O)N(O)CC(=O)O. The predicted molar refractivity (Wildman–Crippen MR) is 37.8 cm³/mol. The van der Waals surface area contributed by atoms with E-state index in [1.165, 1.54) is 0 Å². The molecule has 6 nitrogen and oxygen atoms in total. The van der Waals surface area contributed by atoms with E-state index in [4.69, 9.17) is 15.4 Å². The average molecular weight is 177 g/mol. The Kier molecular flexibility index (Phi) is 4.24. The number of carbonyl (C=O) groups is 2. The normalized spacial score (nSPS) is 12.9. The van der Waals surface area contributed by atoms with E-state index in [0.717, 1.165) is 0 Å². The molecule has 0 aliphatic carbocycles. The summed E-state index contributed by atoms with van der Waals surface area (Å²) in [6, 6.07) is -1.15. The summed E-state index contributed by atoms with van der Waals surface area (Å²) in [6.45, 7) is 0.856. The zero-order chi connectivity index (χ0) is 9.72. The van der Waals surface area contributed by atoms with Crippen molar-refractivity contribution in [1.29, 1.82) is 0 Å². The first kappa shape index (κ1) is 10.9. The molecule has 0 fully saturated rings. The Hall–Kier alpha value is -1.14. The molecule has 0 aliphatic heterocycles. The Morgan fingerprint density at radius 3 is 2.17 bits per heavy atom. The van der Waals surface area contributed by atoms with Crippen LogP contribution in [0.5, 0.6) is 0 Å². The highest BCUT2D eigenvalue weighted by atomic mass is 16.5. The summed E-state index contributed by atoms with van der Waals surface area (Å²) in [4.78, 5) is 20.4. The molecule has 0 aromatic carbocycles. The molecule has 1 atom stereocenters. The van der Waals surface area contributed by atoms with E-state index >= 15 is 0 Å². The summed E-state index contributed by atoms with van der Waals surface area (Å²) in [5.41, 5.74) is 0. The molecular weight excluding hydrogens is 166 g/mol. The number of nitrogens with zero attached hydrogens (tertiary/aromatic N) is 1. The van der Waals surface area contributed by atoms with Crippen molar-refractivity contribution in [3.63, 3.8) is 0 Å². The predicted octanol–water partition coefficient (Wildman–Crippen LogP) is -0.375. The fourth-order valence-electron chi connectivity index (χ4n) is 0.762. The van der Waals surface area contributed by atoms with Gasteiger partial charge in [0.2, 0.25) is 0 Å². The molecule has 0 spiro atoms. The topological polar surface area (TPSA) is 98.1 Å². The second-order valence-corrected chi connectivity index (χ2v) is 2.25. The van der Waals surface area contributed by atoms with Gasteiger partial charge < -0.3 is 15.4 Å². The highest BCUT2D eigenvalue weighted by molar-refractivity contribution is 5.75. The van der Waals surface area contributed by atoms with E-state index in [1.807, 2.05) is 0 Å². The van der Waals surface area contributed by atoms with Crippen LogP contribution in [0.3, 0.4) is 0 Å². The van der Waals surface area contributed by atoms with Gasteiger partial charge in [0, 0.05) is 0 Å². The Morgan fingerprint density at radius 1 is 1.42 bits per heavy atom. The molecule has 1 unspecified atom stereocenters. The van der Waals surface area contributed by atoms with Gasteiger partial charge in [0.15, 0.2) is 0 Å². The van der Waals surface area contributed by atoms with Crippen LogP contribution < -0.4 is 0 Å². The van der Waals surface area contributed by atoms with E-state index in [2.05, 4.69) is 0 Å². The maximum Gasteiger partial charge on any atom is 0.323 e. The zero-order valence-electron chi connectivity index (χ0n) is 6.60. The largest absolute Gasteiger partial charge is 0.480 e. The van der Waals surface area contributed by atoms with Crippen molar-refractivity contribution in [2.45, 2.75) is 19.4 Å². The molecule has 0 bridgehead atoms. The maximum absolute atomic E-state index is 10.4. The van der Waals surface area contributed by atoms with Crippen LogP contribution in [0.2, 0.25) is 0 Å². The Morgan fingerprint density at radius 2 is 1.92 bits per heavy atom. The lowest BCUT2D eigenvalue weighted by molar-refractivity contribution is -0.177. The van der Waals surface area contributed by atoms with Crippen LogP contribution >= 0.6 is 0 Å². The van der Waals surface area contributed by atoms with E-state index in [-0.39, 0.29) is 6.42 Å². The third-order valence-electron chi connectivity index (χ3n) is 1.33. The fourth-order valence-corrected chi connectivity index (χ4v) is 0.762. The van der Waals surface area contributed by atoms with Gasteiger partial charge in [-0.2, -0.15) is 5.06 Å². The maximum atomic E-state index is 10.4. The highest BCUT2D eigenvalue weighted by Crippen LogP contribution is 2.00. The van der Waals surface area contributed by atoms with Gasteiger partial charge in [-0.25, -0.2) is 0 Å². The summed E-state index contributed by atoms with van der Waals surface area (Å²) >= 11 is 0. The third-order valence-corrected chi connectivity index (χ3v) is 1.33. The number of hydrogen-bond acceptors (Lipinski definition) is 4. The van der Waals surface area contributed by atoms with Gasteiger partial charge in [-0.15, -0.1) is 0 Å². The molecule has 6 heteroatoms. The molecular formula is C6H11NO5. The van der Waals surface area contributed by atoms with Crippen LogP contribution in [0, 0.1) is 0 Å². The van der Waals surface area contributed by atoms with Gasteiger partial charge in [-0.3, -0.25) is 9.59 Å². The molecule has 12 heavy (non-hydrogen) atoms. The quantitative estimate of drug-likeness (QED) is 0.495. The number of carboxylic acids is 2. The molecule has 3 N–H and O–H groups in total. The summed E-state index contributed by atoms with van der Waals surface area (Å²) in [5.74, 6) is -2.50. The molecule has 0 aromatic heterocycles. The van der Waals surface area contributed by atoms with Crippen LogP contribution in [0.4, 0.5) is 0 Å². The molecule has 0 saturated heterocycles. The molecule has 0 amide bonds. The standard InChI is InChI=1S/C6H11NO5/c1-2-4(6(10)11)7(12)3-5(8)9/h4,12H,2-3H2,1H3,(H,8,9)(H,10,11). The van der Waals surface area contributed by atoms with Crippen molar-refractivity contribution < 1.29 is 25.0 Å². The Labute approximate surface area is 69.0 Å². The van der Waals surface area contributed by atoms with Crippen molar-refractivity contribution in [2.75, 3.05) is 6.54 Å². The van der Waals surface area contributed by atoms with Crippen LogP contribution in [-0.2, 0) is 9.59 Å². The minimum Gasteiger partial charge on any atom is -0.480 e. The first-order valence-electron chi connectivity index (χ1n) is 3.39. The monoisotopic (exact) mass is 177 g/mol. The number of rotatable bonds is 5. The van der Waals surface area contributed by atoms with Gasteiger partial charge in [0.25, 0.3) is 0 Å². The number of hydrogen-bond donors (Lipinski definition) is 3. The van der Waals surface area contributed by atoms with E-state index in [0.29, 0.717) is 5.06 Å². The summed E-state index contributed by atoms with van der Waals surface area (Å²) in [5, 5.41) is 25.9. The lowest BCUT2D eigenvalue weighted by atomic mass is 10.2. The van der Waals surface area contributed by atoms with Crippen molar-refractivity contribution in [1.82, 2.24) is 5.06 Å². The number of carboxylic acid groups (broad SMARTS) is 2. The molecule has 0 radical (unpaired) electrons. The van der Waals surface area contributed by atoms with E-state index in [1.54, 1.807) is 6.92 Å². The molecule has 0 rings (SSSR count). The van der Waals surface area contributed by atoms with Crippen LogP contribution in [0.1, 0.15) is 13.3 Å². The minimum atomic E-state index is -1.27. The zero-order valence-corrected chi connectivity index (χ0v) is 6.60.